The molecule has 1 saturated carbocycles. The first kappa shape index (κ1) is 36.7. The van der Waals surface area contributed by atoms with Crippen LogP contribution in [-0.4, -0.2) is 83.7 Å². The molecule has 5 amide bonds. The number of fused-ring (bicyclic) bond motifs is 2. The number of nitriles is 1. The Labute approximate surface area is 324 Å². The minimum atomic E-state index is -0.973. The summed E-state index contributed by atoms with van der Waals surface area (Å²) in [5, 5.41) is 15.0. The molecule has 3 aromatic carbocycles. The number of rotatable bonds is 8. The number of carbonyl (C=O) groups is 5. The van der Waals surface area contributed by atoms with Crippen LogP contribution in [0.4, 0.5) is 5.69 Å². The van der Waals surface area contributed by atoms with Crippen molar-refractivity contribution in [2.24, 2.45) is 5.92 Å². The first-order valence-corrected chi connectivity index (χ1v) is 19.6. The molecule has 3 fully saturated rings. The van der Waals surface area contributed by atoms with Gasteiger partial charge in [0, 0.05) is 62.5 Å². The maximum atomic E-state index is 13.3. The molecule has 13 heteroatoms. The van der Waals surface area contributed by atoms with Crippen LogP contribution in [0.5, 0.6) is 5.75 Å². The number of imide groups is 2. The highest BCUT2D eigenvalue weighted by Crippen LogP contribution is 2.33. The van der Waals surface area contributed by atoms with Crippen molar-refractivity contribution in [2.75, 3.05) is 31.1 Å². The van der Waals surface area contributed by atoms with Crippen molar-refractivity contribution < 1.29 is 28.7 Å². The maximum absolute atomic E-state index is 13.3. The smallest absolute Gasteiger partial charge is 0.262 e. The highest BCUT2D eigenvalue weighted by atomic mass is 35.5. The molecule has 0 radical (unpaired) electrons. The van der Waals surface area contributed by atoms with Crippen molar-refractivity contribution in [3.63, 3.8) is 0 Å². The zero-order valence-electron chi connectivity index (χ0n) is 30.5. The normalized spacial score (nSPS) is 23.2. The van der Waals surface area contributed by atoms with Gasteiger partial charge < -0.3 is 15.0 Å². The zero-order valence-corrected chi connectivity index (χ0v) is 31.3. The number of carbonyl (C=O) groups excluding carboxylic acids is 5. The highest BCUT2D eigenvalue weighted by molar-refractivity contribution is 6.31. The Morgan fingerprint density at radius 2 is 1.64 bits per heavy atom. The van der Waals surface area contributed by atoms with Crippen molar-refractivity contribution in [1.29, 1.82) is 5.26 Å². The molecule has 1 unspecified atom stereocenters. The van der Waals surface area contributed by atoms with E-state index in [1.54, 1.807) is 30.3 Å². The fourth-order valence-electron chi connectivity index (χ4n) is 8.75. The number of amides is 5. The lowest BCUT2D eigenvalue weighted by molar-refractivity contribution is -0.136. The van der Waals surface area contributed by atoms with Gasteiger partial charge in [0.1, 0.15) is 17.9 Å². The fraction of sp³-hybridized carbons (Fsp3) is 0.429. The lowest BCUT2D eigenvalue weighted by Gasteiger charge is -2.37. The molecular formula is C42H43ClN6O6. The third-order valence-electron chi connectivity index (χ3n) is 11.9. The minimum absolute atomic E-state index is 0.0359. The van der Waals surface area contributed by atoms with E-state index in [0.29, 0.717) is 38.9 Å². The van der Waals surface area contributed by atoms with Gasteiger partial charge in [-0.1, -0.05) is 17.7 Å². The molecule has 0 bridgehead atoms. The van der Waals surface area contributed by atoms with Gasteiger partial charge in [0.05, 0.1) is 27.8 Å². The molecule has 1 atom stereocenters. The van der Waals surface area contributed by atoms with E-state index in [9.17, 15) is 24.0 Å². The van der Waals surface area contributed by atoms with E-state index in [1.807, 2.05) is 12.1 Å². The lowest BCUT2D eigenvalue weighted by atomic mass is 9.91. The fourth-order valence-corrected chi connectivity index (χ4v) is 8.96. The Kier molecular flexibility index (Phi) is 10.3. The second kappa shape index (κ2) is 15.5. The van der Waals surface area contributed by atoms with Gasteiger partial charge in [-0.05, 0) is 111 Å². The molecule has 2 N–H and O–H groups in total. The minimum Gasteiger partial charge on any atom is -0.490 e. The van der Waals surface area contributed by atoms with Crippen molar-refractivity contribution in [3.05, 3.63) is 93.0 Å². The molecule has 4 heterocycles. The van der Waals surface area contributed by atoms with Crippen molar-refractivity contribution in [2.45, 2.75) is 82.5 Å². The molecule has 12 nitrogen and oxygen atoms in total. The predicted octanol–water partition coefficient (Wildman–Crippen LogP) is 5.01. The van der Waals surface area contributed by atoms with Crippen LogP contribution in [0.1, 0.15) is 99.1 Å². The molecule has 284 valence electrons. The van der Waals surface area contributed by atoms with Crippen LogP contribution in [-0.2, 0) is 22.6 Å². The molecule has 2 saturated heterocycles. The summed E-state index contributed by atoms with van der Waals surface area (Å²) in [5.41, 5.74) is 5.12. The Bertz CT molecular complexity index is 2100. The number of piperidine rings is 2. The summed E-state index contributed by atoms with van der Waals surface area (Å²) >= 11 is 6.16. The highest BCUT2D eigenvalue weighted by Gasteiger charge is 2.45. The van der Waals surface area contributed by atoms with Gasteiger partial charge in [-0.3, -0.25) is 39.1 Å². The van der Waals surface area contributed by atoms with E-state index in [0.717, 1.165) is 88.3 Å². The summed E-state index contributed by atoms with van der Waals surface area (Å²) in [4.78, 5) is 69.5. The predicted molar refractivity (Wildman–Crippen MR) is 204 cm³/mol. The molecule has 5 aliphatic rings. The number of hydrogen-bond acceptors (Lipinski definition) is 9. The van der Waals surface area contributed by atoms with E-state index in [2.05, 4.69) is 38.6 Å². The average Bonchev–Trinajstić information content (AvgIpc) is 3.43. The summed E-state index contributed by atoms with van der Waals surface area (Å²) in [6.07, 6.45) is 6.50. The molecule has 55 heavy (non-hydrogen) atoms. The number of halogens is 1. The van der Waals surface area contributed by atoms with Crippen LogP contribution in [0.2, 0.25) is 5.02 Å². The summed E-state index contributed by atoms with van der Waals surface area (Å²) in [7, 11) is 0. The second-order valence-corrected chi connectivity index (χ2v) is 15.8. The zero-order chi connectivity index (χ0) is 38.2. The Morgan fingerprint density at radius 3 is 2.38 bits per heavy atom. The third kappa shape index (κ3) is 7.68. The van der Waals surface area contributed by atoms with Gasteiger partial charge in [0.2, 0.25) is 11.8 Å². The summed E-state index contributed by atoms with van der Waals surface area (Å²) in [6, 6.07) is 17.8. The summed E-state index contributed by atoms with van der Waals surface area (Å²) < 4.78 is 6.11. The SMILES string of the molecule is N#Cc1ccc(OC2CCC(NC(=O)c3ccc4c(c3)CCN(CC3CCN(c5ccc6c(c5)C(=O)N(C5CCC(=O)NC5=O)C6=O)CC3)C4)CC2)cc1Cl. The molecule has 0 aromatic heterocycles. The van der Waals surface area contributed by atoms with Gasteiger partial charge in [-0.15, -0.1) is 0 Å². The van der Waals surface area contributed by atoms with Gasteiger partial charge in [-0.25, -0.2) is 0 Å². The lowest BCUT2D eigenvalue weighted by Crippen LogP contribution is -2.54. The summed E-state index contributed by atoms with van der Waals surface area (Å²) in [6.45, 7) is 4.48. The Balaban J connectivity index is 0.791. The van der Waals surface area contributed by atoms with E-state index < -0.39 is 29.7 Å². The van der Waals surface area contributed by atoms with Gasteiger partial charge in [0.15, 0.2) is 0 Å². The number of ether oxygens (including phenoxy) is 1. The van der Waals surface area contributed by atoms with Crippen molar-refractivity contribution in [3.8, 4) is 11.8 Å². The van der Waals surface area contributed by atoms with Crippen molar-refractivity contribution >= 4 is 46.8 Å². The molecule has 4 aliphatic heterocycles. The van der Waals surface area contributed by atoms with Crippen LogP contribution >= 0.6 is 11.6 Å². The van der Waals surface area contributed by atoms with Crippen molar-refractivity contribution in [1.82, 2.24) is 20.4 Å². The van der Waals surface area contributed by atoms with E-state index >= 15 is 0 Å². The monoisotopic (exact) mass is 762 g/mol. The van der Waals surface area contributed by atoms with Gasteiger partial charge in [-0.2, -0.15) is 5.26 Å². The van der Waals surface area contributed by atoms with E-state index in [-0.39, 0.29) is 30.9 Å². The topological polar surface area (TPSA) is 152 Å². The van der Waals surface area contributed by atoms with Crippen LogP contribution in [0.3, 0.4) is 0 Å². The Hall–Kier alpha value is -5.25. The van der Waals surface area contributed by atoms with E-state index in [4.69, 9.17) is 21.6 Å². The number of benzene rings is 3. The molecular weight excluding hydrogens is 720 g/mol. The third-order valence-corrected chi connectivity index (χ3v) is 12.2. The Morgan fingerprint density at radius 1 is 0.855 bits per heavy atom. The van der Waals surface area contributed by atoms with Crippen LogP contribution < -0.4 is 20.3 Å². The molecule has 1 aliphatic carbocycles. The number of nitrogens with zero attached hydrogens (tertiary/aromatic N) is 4. The first-order valence-electron chi connectivity index (χ1n) is 19.3. The number of hydrogen-bond donors (Lipinski definition) is 2. The largest absolute Gasteiger partial charge is 0.490 e. The standard InChI is InChI=1S/C42H43ClN6O6/c43-36-21-33(7-3-28(36)22-44)55-32-8-4-30(5-9-32)45-39(51)27-1-2-29-24-47(16-15-26(29)19-27)23-25-13-17-48(18-14-25)31-6-10-34-35(20-31)42(54)49(41(34)53)37-11-12-38(50)46-40(37)52/h1-3,6-7,10,19-21,25,30,32,37H,4-5,8-9,11-18,23-24H2,(H,45,51)(H,46,50,52). The molecule has 8 rings (SSSR count). The summed E-state index contributed by atoms with van der Waals surface area (Å²) in [5.74, 6) is -0.819. The second-order valence-electron chi connectivity index (χ2n) is 15.4. The number of nitrogens with one attached hydrogen (secondary N) is 2. The van der Waals surface area contributed by atoms with Gasteiger partial charge in [0.25, 0.3) is 17.7 Å². The van der Waals surface area contributed by atoms with Gasteiger partial charge >= 0.3 is 0 Å². The first-order chi connectivity index (χ1) is 26.6. The molecule has 3 aromatic rings. The quantitative estimate of drug-likeness (QED) is 0.302. The molecule has 0 spiro atoms. The van der Waals surface area contributed by atoms with Crippen LogP contribution in [0, 0.1) is 17.2 Å². The van der Waals surface area contributed by atoms with Crippen LogP contribution in [0.25, 0.3) is 0 Å². The van der Waals surface area contributed by atoms with Crippen LogP contribution in [0.15, 0.2) is 54.6 Å². The maximum Gasteiger partial charge on any atom is 0.262 e. The average molecular weight is 763 g/mol. The van der Waals surface area contributed by atoms with E-state index in [1.165, 1.54) is 11.1 Å². The number of anilines is 1.